The molecule has 142 valence electrons. The number of carboxylic acid groups (broad SMARTS) is 2. The molecular formula is C17H20ClFN2O5. The van der Waals surface area contributed by atoms with E-state index < -0.39 is 40.7 Å². The van der Waals surface area contributed by atoms with E-state index in [9.17, 15) is 19.8 Å². The molecule has 2 saturated carbocycles. The maximum Gasteiger partial charge on any atom is 0.343 e. The van der Waals surface area contributed by atoms with Crippen LogP contribution in [-0.2, 0) is 20.9 Å². The monoisotopic (exact) mass is 386 g/mol. The van der Waals surface area contributed by atoms with Gasteiger partial charge in [0.15, 0.2) is 5.54 Å². The van der Waals surface area contributed by atoms with E-state index in [1.54, 1.807) is 18.2 Å². The van der Waals surface area contributed by atoms with Crippen LogP contribution in [-0.4, -0.2) is 52.0 Å². The molecule has 0 amide bonds. The molecule has 2 fully saturated rings. The van der Waals surface area contributed by atoms with Crippen molar-refractivity contribution >= 4 is 23.5 Å². The first kappa shape index (κ1) is 19.0. The molecule has 2 aliphatic carbocycles. The molecule has 5 N–H and O–H groups in total. The Bertz CT molecular complexity index is 792. The maximum absolute atomic E-state index is 15.0. The zero-order valence-electron chi connectivity index (χ0n) is 14.3. The van der Waals surface area contributed by atoms with Crippen LogP contribution in [0.2, 0.25) is 5.02 Å². The van der Waals surface area contributed by atoms with Crippen molar-refractivity contribution in [2.24, 2.45) is 11.7 Å². The van der Waals surface area contributed by atoms with Gasteiger partial charge in [0.2, 0.25) is 5.67 Å². The van der Waals surface area contributed by atoms with Crippen molar-refractivity contribution in [1.29, 1.82) is 0 Å². The summed E-state index contributed by atoms with van der Waals surface area (Å²) >= 11 is 5.97. The third-order valence-electron chi connectivity index (χ3n) is 5.84. The molecule has 5 atom stereocenters. The molecule has 26 heavy (non-hydrogen) atoms. The van der Waals surface area contributed by atoms with E-state index in [0.717, 1.165) is 11.1 Å². The molecule has 0 bridgehead atoms. The number of halogens is 2. The Hall–Kier alpha value is -1.74. The van der Waals surface area contributed by atoms with Gasteiger partial charge in [0.25, 0.3) is 0 Å². The van der Waals surface area contributed by atoms with Gasteiger partial charge in [0.05, 0.1) is 12.7 Å². The quantitative estimate of drug-likeness (QED) is 0.577. The molecule has 0 aliphatic heterocycles. The van der Waals surface area contributed by atoms with Crippen molar-refractivity contribution in [3.8, 4) is 0 Å². The number of aryl methyl sites for hydroxylation is 1. The van der Waals surface area contributed by atoms with Crippen LogP contribution < -0.4 is 11.1 Å². The third kappa shape index (κ3) is 2.10. The lowest BCUT2D eigenvalue weighted by Gasteiger charge is -2.37. The fourth-order valence-electron chi connectivity index (χ4n) is 4.48. The number of aliphatic carboxylic acids is 2. The predicted octanol–water partition coefficient (Wildman–Crippen LogP) is 1.10. The summed E-state index contributed by atoms with van der Waals surface area (Å²) < 4.78 is 20.7. The van der Waals surface area contributed by atoms with Crippen LogP contribution in [0.25, 0.3) is 0 Å². The second kappa shape index (κ2) is 5.88. The Labute approximate surface area is 154 Å². The molecule has 0 heterocycles. The number of hydrogen-bond acceptors (Lipinski definition) is 5. The van der Waals surface area contributed by atoms with Crippen LogP contribution in [0.1, 0.15) is 17.5 Å². The lowest BCUT2D eigenvalue weighted by molar-refractivity contribution is -0.158. The first-order valence-electron chi connectivity index (χ1n) is 8.07. The normalized spacial score (nSPS) is 38.0. The molecule has 5 unspecified atom stereocenters. The van der Waals surface area contributed by atoms with Crippen molar-refractivity contribution in [3.05, 3.63) is 34.3 Å². The van der Waals surface area contributed by atoms with E-state index in [1.165, 1.54) is 7.05 Å². The zero-order chi connectivity index (χ0) is 19.5. The van der Waals surface area contributed by atoms with E-state index in [-0.39, 0.29) is 13.0 Å². The minimum absolute atomic E-state index is 0.0494. The number of carbonyl (C=O) groups is 2. The summed E-state index contributed by atoms with van der Waals surface area (Å²) in [5, 5.41) is 22.1. The number of alkyl halides is 1. The minimum Gasteiger partial charge on any atom is -0.480 e. The highest BCUT2D eigenvalue weighted by molar-refractivity contribution is 6.31. The molecule has 0 aromatic heterocycles. The molecule has 1 aromatic carbocycles. The van der Waals surface area contributed by atoms with Gasteiger partial charge in [-0.05, 0) is 37.6 Å². The van der Waals surface area contributed by atoms with Crippen molar-refractivity contribution in [2.45, 2.75) is 42.8 Å². The SMILES string of the molecule is CNC12C(CC(OCc3ccc(Cl)c(C)c3)C1(N)C(=O)O)C2(F)C(=O)O. The fraction of sp³-hybridized carbons (Fsp3) is 0.529. The predicted molar refractivity (Wildman–Crippen MR) is 90.7 cm³/mol. The van der Waals surface area contributed by atoms with E-state index >= 15 is 4.39 Å². The highest BCUT2D eigenvalue weighted by Crippen LogP contribution is 2.69. The number of benzene rings is 1. The van der Waals surface area contributed by atoms with Gasteiger partial charge in [-0.25, -0.2) is 9.18 Å². The Morgan fingerprint density at radius 1 is 1.42 bits per heavy atom. The number of likely N-dealkylation sites (N-methyl/N-ethyl adjacent to an activating group) is 1. The largest absolute Gasteiger partial charge is 0.480 e. The molecule has 0 saturated heterocycles. The summed E-state index contributed by atoms with van der Waals surface area (Å²) in [4.78, 5) is 23.3. The summed E-state index contributed by atoms with van der Waals surface area (Å²) in [6.07, 6.45) is -1.16. The van der Waals surface area contributed by atoms with Crippen molar-refractivity contribution in [2.75, 3.05) is 7.05 Å². The smallest absolute Gasteiger partial charge is 0.343 e. The average molecular weight is 387 g/mol. The highest BCUT2D eigenvalue weighted by Gasteiger charge is 2.95. The number of hydrogen-bond donors (Lipinski definition) is 4. The van der Waals surface area contributed by atoms with Crippen LogP contribution in [0.3, 0.4) is 0 Å². The van der Waals surface area contributed by atoms with Crippen LogP contribution in [0.5, 0.6) is 0 Å². The van der Waals surface area contributed by atoms with Gasteiger partial charge in [-0.1, -0.05) is 23.7 Å². The Kier molecular flexibility index (Phi) is 4.31. The minimum atomic E-state index is -2.74. The van der Waals surface area contributed by atoms with E-state index in [4.69, 9.17) is 22.1 Å². The van der Waals surface area contributed by atoms with Crippen LogP contribution >= 0.6 is 11.6 Å². The zero-order valence-corrected chi connectivity index (χ0v) is 15.0. The summed E-state index contributed by atoms with van der Waals surface area (Å²) in [6.45, 7) is 1.87. The molecule has 9 heteroatoms. The summed E-state index contributed by atoms with van der Waals surface area (Å²) in [7, 11) is 1.31. The summed E-state index contributed by atoms with van der Waals surface area (Å²) in [5.74, 6) is -4.32. The molecule has 0 radical (unpaired) electrons. The second-order valence-corrected chi connectivity index (χ2v) is 7.33. The third-order valence-corrected chi connectivity index (χ3v) is 6.26. The van der Waals surface area contributed by atoms with Gasteiger partial charge >= 0.3 is 11.9 Å². The first-order chi connectivity index (χ1) is 12.1. The van der Waals surface area contributed by atoms with Gasteiger partial charge in [0.1, 0.15) is 5.54 Å². The van der Waals surface area contributed by atoms with E-state index in [0.29, 0.717) is 5.02 Å². The number of fused-ring (bicyclic) bond motifs is 1. The Morgan fingerprint density at radius 2 is 2.08 bits per heavy atom. The number of nitrogens with one attached hydrogen (secondary N) is 1. The van der Waals surface area contributed by atoms with Crippen LogP contribution in [0.15, 0.2) is 18.2 Å². The summed E-state index contributed by atoms with van der Waals surface area (Å²) in [5.41, 5.74) is 0.799. The second-order valence-electron chi connectivity index (χ2n) is 6.92. The standard InChI is InChI=1S/C17H20ClFN2O5/c1-8-5-9(3-4-10(8)18)7-26-12-6-11-15(19,13(22)23)17(11,21-2)16(12,20)14(24)25/h3-5,11-12,21H,6-7,20H2,1-2H3,(H,22,23)(H,24,25). The topological polar surface area (TPSA) is 122 Å². The molecule has 7 nitrogen and oxygen atoms in total. The lowest BCUT2D eigenvalue weighted by atomic mass is 9.83. The van der Waals surface area contributed by atoms with Crippen molar-refractivity contribution < 1.29 is 28.9 Å². The van der Waals surface area contributed by atoms with Gasteiger partial charge in [-0.3, -0.25) is 4.79 Å². The van der Waals surface area contributed by atoms with Crippen LogP contribution in [0.4, 0.5) is 4.39 Å². The molecular weight excluding hydrogens is 367 g/mol. The fourth-order valence-corrected chi connectivity index (χ4v) is 4.59. The van der Waals surface area contributed by atoms with Gasteiger partial charge < -0.3 is 26.0 Å². The highest BCUT2D eigenvalue weighted by atomic mass is 35.5. The molecule has 0 spiro atoms. The number of carboxylic acids is 2. The van der Waals surface area contributed by atoms with Crippen molar-refractivity contribution in [3.63, 3.8) is 0 Å². The van der Waals surface area contributed by atoms with E-state index in [1.807, 2.05) is 6.92 Å². The van der Waals surface area contributed by atoms with Crippen LogP contribution in [0, 0.1) is 12.8 Å². The number of rotatable bonds is 6. The Morgan fingerprint density at radius 3 is 2.58 bits per heavy atom. The van der Waals surface area contributed by atoms with Gasteiger partial charge in [-0.15, -0.1) is 0 Å². The lowest BCUT2D eigenvalue weighted by Crippen LogP contribution is -2.71. The Balaban J connectivity index is 1.87. The van der Waals surface area contributed by atoms with Gasteiger partial charge in [-0.2, -0.15) is 0 Å². The average Bonchev–Trinajstić information content (AvgIpc) is 3.00. The first-order valence-corrected chi connectivity index (χ1v) is 8.45. The number of ether oxygens (including phenoxy) is 1. The van der Waals surface area contributed by atoms with Gasteiger partial charge in [0, 0.05) is 10.9 Å². The molecule has 2 aliphatic rings. The van der Waals surface area contributed by atoms with E-state index in [2.05, 4.69) is 5.32 Å². The summed E-state index contributed by atoms with van der Waals surface area (Å²) in [6, 6.07) is 5.22. The number of nitrogens with two attached hydrogens (primary N) is 1. The molecule has 1 aromatic rings. The van der Waals surface area contributed by atoms with Crippen molar-refractivity contribution in [1.82, 2.24) is 5.32 Å². The molecule has 3 rings (SSSR count). The maximum atomic E-state index is 15.0.